The molecule has 1 aromatic carbocycles. The van der Waals surface area contributed by atoms with Gasteiger partial charge in [-0.3, -0.25) is 9.36 Å². The van der Waals surface area contributed by atoms with E-state index in [0.717, 1.165) is 23.9 Å². The van der Waals surface area contributed by atoms with Crippen LogP contribution in [0.3, 0.4) is 0 Å². The molecular weight excluding hydrogens is 292 g/mol. The maximum Gasteiger partial charge on any atom is 0.326 e. The summed E-state index contributed by atoms with van der Waals surface area (Å²) in [6.45, 7) is 0.909. The second-order valence-electron chi connectivity index (χ2n) is 6.83. The lowest BCUT2D eigenvalue weighted by molar-refractivity contribution is -0.127. The highest BCUT2D eigenvalue weighted by Gasteiger charge is 2.48. The van der Waals surface area contributed by atoms with Crippen LogP contribution < -0.4 is 16.7 Å². The van der Waals surface area contributed by atoms with E-state index >= 15 is 0 Å². The molecule has 4 unspecified atom stereocenters. The number of carbonyl (C=O) groups excluding carboxylic acids is 1. The number of H-pyrrole nitrogens is 1. The van der Waals surface area contributed by atoms with Crippen LogP contribution in [-0.2, 0) is 11.3 Å². The van der Waals surface area contributed by atoms with E-state index in [4.69, 9.17) is 5.73 Å². The first-order valence-corrected chi connectivity index (χ1v) is 8.36. The summed E-state index contributed by atoms with van der Waals surface area (Å²) in [6, 6.07) is 7.57. The first-order valence-electron chi connectivity index (χ1n) is 8.36. The number of hydrogen-bond acceptors (Lipinski definition) is 3. The van der Waals surface area contributed by atoms with Gasteiger partial charge in [0.05, 0.1) is 17.0 Å². The van der Waals surface area contributed by atoms with Gasteiger partial charge in [0.15, 0.2) is 0 Å². The largest absolute Gasteiger partial charge is 0.354 e. The number of rotatable bonds is 4. The van der Waals surface area contributed by atoms with Crippen molar-refractivity contribution < 1.29 is 4.79 Å². The predicted molar refractivity (Wildman–Crippen MR) is 87.9 cm³/mol. The van der Waals surface area contributed by atoms with Crippen LogP contribution in [0.5, 0.6) is 0 Å². The van der Waals surface area contributed by atoms with E-state index in [9.17, 15) is 9.59 Å². The molecule has 4 rings (SSSR count). The van der Waals surface area contributed by atoms with Gasteiger partial charge in [-0.25, -0.2) is 4.79 Å². The number of hydrogen-bond donors (Lipinski definition) is 3. The third-order valence-corrected chi connectivity index (χ3v) is 5.60. The third-order valence-electron chi connectivity index (χ3n) is 5.60. The molecule has 1 heterocycles. The fourth-order valence-electron chi connectivity index (χ4n) is 4.46. The molecule has 0 radical (unpaired) electrons. The quantitative estimate of drug-likeness (QED) is 0.780. The summed E-state index contributed by atoms with van der Waals surface area (Å²) in [7, 11) is 0. The molecule has 2 fully saturated rings. The molecular formula is C17H22N4O2. The zero-order chi connectivity index (χ0) is 16.0. The minimum Gasteiger partial charge on any atom is -0.354 e. The molecule has 1 aromatic heterocycles. The predicted octanol–water partition coefficient (Wildman–Crippen LogP) is 0.819. The molecule has 6 nitrogen and oxygen atoms in total. The second-order valence-corrected chi connectivity index (χ2v) is 6.83. The van der Waals surface area contributed by atoms with Gasteiger partial charge < -0.3 is 16.0 Å². The summed E-state index contributed by atoms with van der Waals surface area (Å²) in [4.78, 5) is 27.3. The van der Waals surface area contributed by atoms with Crippen molar-refractivity contribution in [3.05, 3.63) is 34.7 Å². The van der Waals surface area contributed by atoms with Crippen molar-refractivity contribution in [2.24, 2.45) is 23.5 Å². The average molecular weight is 314 g/mol. The van der Waals surface area contributed by atoms with Gasteiger partial charge in [-0.2, -0.15) is 0 Å². The number of nitrogens with one attached hydrogen (secondary N) is 2. The Labute approximate surface area is 134 Å². The number of carbonyl (C=O) groups is 1. The van der Waals surface area contributed by atoms with Crippen molar-refractivity contribution in [1.82, 2.24) is 14.9 Å². The maximum atomic E-state index is 12.4. The maximum absolute atomic E-state index is 12.4. The van der Waals surface area contributed by atoms with Crippen LogP contribution in [0.2, 0.25) is 0 Å². The first-order chi connectivity index (χ1) is 11.1. The SMILES string of the molecule is NC1C2CCC(C2)C1C(=O)NCCn1c(=O)[nH]c2ccccc21. The van der Waals surface area contributed by atoms with Crippen LogP contribution in [0.25, 0.3) is 11.0 Å². The highest BCUT2D eigenvalue weighted by molar-refractivity contribution is 5.80. The molecule has 122 valence electrons. The van der Waals surface area contributed by atoms with E-state index in [2.05, 4.69) is 10.3 Å². The summed E-state index contributed by atoms with van der Waals surface area (Å²) >= 11 is 0. The topological polar surface area (TPSA) is 92.9 Å². The summed E-state index contributed by atoms with van der Waals surface area (Å²) in [6.07, 6.45) is 3.39. The molecule has 2 bridgehead atoms. The Morgan fingerprint density at radius 3 is 2.87 bits per heavy atom. The van der Waals surface area contributed by atoms with Crippen molar-refractivity contribution in [3.63, 3.8) is 0 Å². The number of aromatic amines is 1. The van der Waals surface area contributed by atoms with Crippen LogP contribution in [0.4, 0.5) is 0 Å². The fourth-order valence-corrected chi connectivity index (χ4v) is 4.46. The Hall–Kier alpha value is -2.08. The smallest absolute Gasteiger partial charge is 0.326 e. The Morgan fingerprint density at radius 1 is 1.30 bits per heavy atom. The van der Waals surface area contributed by atoms with E-state index < -0.39 is 0 Å². The zero-order valence-electron chi connectivity index (χ0n) is 13.0. The van der Waals surface area contributed by atoms with Crippen LogP contribution in [0.15, 0.2) is 29.1 Å². The van der Waals surface area contributed by atoms with Gasteiger partial charge in [-0.15, -0.1) is 0 Å². The Balaban J connectivity index is 1.41. The molecule has 2 aliphatic rings. The highest BCUT2D eigenvalue weighted by Crippen LogP contribution is 2.47. The van der Waals surface area contributed by atoms with Crippen LogP contribution in [0.1, 0.15) is 19.3 Å². The molecule has 2 aliphatic carbocycles. The standard InChI is InChI=1S/C17H22N4O2/c18-15-11-6-5-10(9-11)14(15)16(22)19-7-8-21-13-4-2-1-3-12(13)20-17(21)23/h1-4,10-11,14-15H,5-9,18H2,(H,19,22)(H,20,23). The lowest BCUT2D eigenvalue weighted by Crippen LogP contribution is -2.46. The van der Waals surface area contributed by atoms with E-state index in [1.807, 2.05) is 24.3 Å². The van der Waals surface area contributed by atoms with Gasteiger partial charge in [0.1, 0.15) is 0 Å². The number of amides is 1. The average Bonchev–Trinajstić information content (AvgIpc) is 3.20. The molecule has 0 aliphatic heterocycles. The molecule has 0 spiro atoms. The van der Waals surface area contributed by atoms with E-state index in [-0.39, 0.29) is 23.6 Å². The first kappa shape index (κ1) is 14.5. The Bertz CT molecular complexity index is 791. The molecule has 23 heavy (non-hydrogen) atoms. The molecule has 6 heteroatoms. The van der Waals surface area contributed by atoms with Crippen LogP contribution in [0, 0.1) is 17.8 Å². The normalized spacial score (nSPS) is 29.3. The van der Waals surface area contributed by atoms with E-state index in [0.29, 0.717) is 24.9 Å². The molecule has 2 saturated carbocycles. The van der Waals surface area contributed by atoms with E-state index in [1.165, 1.54) is 6.42 Å². The molecule has 1 amide bonds. The summed E-state index contributed by atoms with van der Waals surface area (Å²) in [5.41, 5.74) is 7.75. The number of fused-ring (bicyclic) bond motifs is 3. The zero-order valence-corrected chi connectivity index (χ0v) is 13.0. The van der Waals surface area contributed by atoms with Crippen molar-refractivity contribution >= 4 is 16.9 Å². The van der Waals surface area contributed by atoms with Gasteiger partial charge in [-0.1, -0.05) is 12.1 Å². The summed E-state index contributed by atoms with van der Waals surface area (Å²) < 4.78 is 1.66. The minimum atomic E-state index is -0.142. The van der Waals surface area contributed by atoms with Gasteiger partial charge in [0.2, 0.25) is 5.91 Å². The third kappa shape index (κ3) is 2.37. The lowest BCUT2D eigenvalue weighted by Gasteiger charge is -2.27. The lowest BCUT2D eigenvalue weighted by atomic mass is 9.84. The van der Waals surface area contributed by atoms with Crippen LogP contribution >= 0.6 is 0 Å². The van der Waals surface area contributed by atoms with Crippen molar-refractivity contribution in [1.29, 1.82) is 0 Å². The number of benzene rings is 1. The second kappa shape index (κ2) is 5.53. The van der Waals surface area contributed by atoms with Gasteiger partial charge in [0.25, 0.3) is 0 Å². The van der Waals surface area contributed by atoms with E-state index in [1.54, 1.807) is 4.57 Å². The summed E-state index contributed by atoms with van der Waals surface area (Å²) in [5, 5.41) is 2.98. The van der Waals surface area contributed by atoms with Gasteiger partial charge in [-0.05, 0) is 43.2 Å². The highest BCUT2D eigenvalue weighted by atomic mass is 16.2. The molecule has 0 saturated heterocycles. The molecule has 2 aromatic rings. The van der Waals surface area contributed by atoms with Crippen LogP contribution in [-0.4, -0.2) is 28.0 Å². The molecule has 4 N–H and O–H groups in total. The summed E-state index contributed by atoms with van der Waals surface area (Å²) in [5.74, 6) is 0.976. The van der Waals surface area contributed by atoms with Crippen molar-refractivity contribution in [2.75, 3.05) is 6.54 Å². The van der Waals surface area contributed by atoms with Gasteiger partial charge in [0, 0.05) is 19.1 Å². The van der Waals surface area contributed by atoms with Gasteiger partial charge >= 0.3 is 5.69 Å². The minimum absolute atomic E-state index is 0.00422. The number of imidazole rings is 1. The monoisotopic (exact) mass is 314 g/mol. The number of nitrogens with zero attached hydrogens (tertiary/aromatic N) is 1. The molecule has 4 atom stereocenters. The fraction of sp³-hybridized carbons (Fsp3) is 0.529. The number of aromatic nitrogens is 2. The Morgan fingerprint density at radius 2 is 2.09 bits per heavy atom. The van der Waals surface area contributed by atoms with Crippen molar-refractivity contribution in [2.45, 2.75) is 31.8 Å². The number of nitrogens with two attached hydrogens (primary N) is 1. The number of para-hydroxylation sites is 2. The van der Waals surface area contributed by atoms with Crippen molar-refractivity contribution in [3.8, 4) is 0 Å². The Kier molecular flexibility index (Phi) is 3.49.